The van der Waals surface area contributed by atoms with Gasteiger partial charge in [-0.2, -0.15) is 0 Å². The Bertz CT molecular complexity index is 2280. The van der Waals surface area contributed by atoms with Gasteiger partial charge in [-0.05, 0) is 130 Å². The van der Waals surface area contributed by atoms with Crippen LogP contribution in [0.15, 0.2) is 103 Å². The van der Waals surface area contributed by atoms with Crippen LogP contribution in [0.4, 0.5) is 34.1 Å². The minimum Gasteiger partial charge on any atom is -0.310 e. The lowest BCUT2D eigenvalue weighted by molar-refractivity contribution is 0.589. The van der Waals surface area contributed by atoms with Gasteiger partial charge in [-0.1, -0.05) is 132 Å². The van der Waals surface area contributed by atoms with Gasteiger partial charge in [-0.15, -0.1) is 11.3 Å². The summed E-state index contributed by atoms with van der Waals surface area (Å²) in [6.07, 6.45) is 0. The molecule has 0 N–H and O–H groups in total. The summed E-state index contributed by atoms with van der Waals surface area (Å²) in [5, 5.41) is 1.31. The van der Waals surface area contributed by atoms with Crippen molar-refractivity contribution in [2.75, 3.05) is 9.80 Å². The molecule has 0 saturated carbocycles. The normalized spacial score (nSPS) is 12.7. The molecule has 1 aromatic heterocycles. The van der Waals surface area contributed by atoms with Gasteiger partial charge in [-0.25, -0.2) is 0 Å². The summed E-state index contributed by atoms with van der Waals surface area (Å²) in [6, 6.07) is 39.3. The molecule has 0 unspecified atom stereocenters. The van der Waals surface area contributed by atoms with Gasteiger partial charge < -0.3 is 9.80 Å². The number of anilines is 6. The number of benzene rings is 5. The number of rotatable bonds is 6. The Morgan fingerprint density at radius 1 is 0.426 bits per heavy atom. The van der Waals surface area contributed by atoms with Crippen LogP contribution in [0.2, 0.25) is 0 Å². The quantitative estimate of drug-likeness (QED) is 0.168. The lowest BCUT2D eigenvalue weighted by Gasteiger charge is -2.35. The van der Waals surface area contributed by atoms with Crippen LogP contribution in [0.3, 0.4) is 0 Å². The third-order valence-electron chi connectivity index (χ3n) is 10.9. The van der Waals surface area contributed by atoms with Crippen LogP contribution in [0, 0.1) is 20.8 Å². The van der Waals surface area contributed by atoms with Gasteiger partial charge in [-0.3, -0.25) is 0 Å². The van der Waals surface area contributed by atoms with E-state index in [0.717, 1.165) is 5.69 Å². The Balaban J connectivity index is 1.72. The third-order valence-corrected chi connectivity index (χ3v) is 12.0. The van der Waals surface area contributed by atoms with Crippen molar-refractivity contribution in [1.29, 1.82) is 0 Å². The van der Waals surface area contributed by atoms with Crippen LogP contribution in [-0.2, 0) is 21.7 Å². The number of thiophene rings is 1. The molecule has 0 aliphatic heterocycles. The van der Waals surface area contributed by atoms with Gasteiger partial charge in [0.1, 0.15) is 0 Å². The average Bonchev–Trinajstić information content (AvgIpc) is 3.40. The van der Waals surface area contributed by atoms with E-state index in [1.54, 1.807) is 0 Å². The fraction of sp³-hybridized carbons (Fsp3) is 0.373. The van der Waals surface area contributed by atoms with Crippen LogP contribution in [0.25, 0.3) is 10.1 Å². The molecule has 282 valence electrons. The van der Waals surface area contributed by atoms with Crippen molar-refractivity contribution in [3.63, 3.8) is 0 Å². The van der Waals surface area contributed by atoms with Crippen LogP contribution in [0.1, 0.15) is 121 Å². The van der Waals surface area contributed by atoms with Gasteiger partial charge in [0.05, 0.1) is 17.1 Å². The summed E-state index contributed by atoms with van der Waals surface area (Å²) in [4.78, 5) is 6.37. The molecule has 2 nitrogen and oxygen atoms in total. The second kappa shape index (κ2) is 14.1. The van der Waals surface area contributed by atoms with E-state index in [1.165, 1.54) is 76.8 Å². The number of nitrogens with zero attached hydrogens (tertiary/aromatic N) is 2. The van der Waals surface area contributed by atoms with Crippen molar-refractivity contribution in [3.05, 3.63) is 141 Å². The zero-order valence-electron chi connectivity index (χ0n) is 35.6. The summed E-state index contributed by atoms with van der Waals surface area (Å²) in [5.41, 5.74) is 15.1. The highest BCUT2D eigenvalue weighted by molar-refractivity contribution is 7.19. The third kappa shape index (κ3) is 7.76. The molecule has 6 rings (SSSR count). The van der Waals surface area contributed by atoms with E-state index >= 15 is 0 Å². The summed E-state index contributed by atoms with van der Waals surface area (Å²) in [5.74, 6) is 0. The van der Waals surface area contributed by atoms with Gasteiger partial charge in [0.15, 0.2) is 0 Å². The number of hydrogen-bond acceptors (Lipinski definition) is 3. The number of para-hydroxylation sites is 1. The molecular weight excluding hydrogens is 673 g/mol. The Labute approximate surface area is 330 Å². The van der Waals surface area contributed by atoms with Crippen LogP contribution < -0.4 is 9.80 Å². The van der Waals surface area contributed by atoms with E-state index in [0.29, 0.717) is 0 Å². The van der Waals surface area contributed by atoms with Gasteiger partial charge in [0.2, 0.25) is 0 Å². The maximum atomic E-state index is 2.57. The van der Waals surface area contributed by atoms with E-state index in [-0.39, 0.29) is 21.7 Å². The largest absolute Gasteiger partial charge is 0.310 e. The Morgan fingerprint density at radius 3 is 1.44 bits per heavy atom. The predicted octanol–water partition coefficient (Wildman–Crippen LogP) is 16.0. The number of aryl methyl sites for hydroxylation is 2. The molecule has 0 bridgehead atoms. The van der Waals surface area contributed by atoms with Crippen molar-refractivity contribution in [2.24, 2.45) is 0 Å². The molecule has 3 heteroatoms. The molecule has 54 heavy (non-hydrogen) atoms. The molecule has 0 atom stereocenters. The van der Waals surface area contributed by atoms with Crippen molar-refractivity contribution in [2.45, 2.75) is 126 Å². The topological polar surface area (TPSA) is 6.48 Å². The monoisotopic (exact) mass is 734 g/mol. The van der Waals surface area contributed by atoms with Crippen LogP contribution >= 0.6 is 11.3 Å². The van der Waals surface area contributed by atoms with Gasteiger partial charge in [0, 0.05) is 32.0 Å². The maximum Gasteiger partial charge on any atom is 0.0676 e. The molecule has 0 fully saturated rings. The van der Waals surface area contributed by atoms with Crippen LogP contribution in [-0.4, -0.2) is 0 Å². The predicted molar refractivity (Wildman–Crippen MR) is 240 cm³/mol. The first-order chi connectivity index (χ1) is 25.1. The molecule has 0 aliphatic carbocycles. The fourth-order valence-electron chi connectivity index (χ4n) is 7.39. The minimum atomic E-state index is -0.0996. The first-order valence-electron chi connectivity index (χ1n) is 19.6. The van der Waals surface area contributed by atoms with E-state index in [1.807, 2.05) is 11.3 Å². The standard InChI is InChI=1S/C51H62N2S/c1-33-29-37(49(7,8)9)23-27-43(33)52(40-19-17-16-18-20-40)44-31-39(51(13,14)15)32-45(34(44)2)53(41-25-21-36(22-26-41)48(4,5)6)47-35(3)54-46-28-24-38(30-42(46)47)50(10,11)12/h16-32H,1-15H3. The summed E-state index contributed by atoms with van der Waals surface area (Å²) >= 11 is 1.90. The van der Waals surface area contributed by atoms with Crippen molar-refractivity contribution >= 4 is 55.5 Å². The van der Waals surface area contributed by atoms with Crippen molar-refractivity contribution in [3.8, 4) is 0 Å². The van der Waals surface area contributed by atoms with Crippen LogP contribution in [0.5, 0.6) is 0 Å². The molecule has 0 spiro atoms. The summed E-state index contributed by atoms with van der Waals surface area (Å²) < 4.78 is 1.32. The minimum absolute atomic E-state index is 0.0340. The second-order valence-corrected chi connectivity index (χ2v) is 20.7. The highest BCUT2D eigenvalue weighted by Gasteiger charge is 2.29. The number of hydrogen-bond donors (Lipinski definition) is 0. The molecule has 1 heterocycles. The molecule has 6 aromatic rings. The summed E-state index contributed by atoms with van der Waals surface area (Å²) in [7, 11) is 0. The first kappa shape index (κ1) is 39.4. The Morgan fingerprint density at radius 2 is 0.907 bits per heavy atom. The smallest absolute Gasteiger partial charge is 0.0676 e. The zero-order valence-corrected chi connectivity index (χ0v) is 36.4. The lowest BCUT2D eigenvalue weighted by atomic mass is 9.84. The lowest BCUT2D eigenvalue weighted by Crippen LogP contribution is -2.20. The van der Waals surface area contributed by atoms with Gasteiger partial charge in [0.25, 0.3) is 0 Å². The van der Waals surface area contributed by atoms with E-state index in [2.05, 4.69) is 217 Å². The molecule has 0 amide bonds. The SMILES string of the molecule is Cc1cc(C(C)(C)C)ccc1N(c1ccccc1)c1cc(C(C)(C)C)cc(N(c2ccc(C(C)(C)C)cc2)c2c(C)sc3ccc(C(C)(C)C)cc23)c1C. The zero-order chi connectivity index (χ0) is 39.5. The van der Waals surface area contributed by atoms with E-state index in [9.17, 15) is 0 Å². The maximum absolute atomic E-state index is 2.57. The summed E-state index contributed by atoms with van der Waals surface area (Å²) in [6.45, 7) is 34.6. The van der Waals surface area contributed by atoms with Crippen molar-refractivity contribution < 1.29 is 0 Å². The van der Waals surface area contributed by atoms with E-state index < -0.39 is 0 Å². The fourth-order valence-corrected chi connectivity index (χ4v) is 8.42. The number of fused-ring (bicyclic) bond motifs is 1. The molecule has 0 saturated heterocycles. The molecular formula is C51H62N2S. The molecule has 0 aliphatic rings. The average molecular weight is 735 g/mol. The van der Waals surface area contributed by atoms with Gasteiger partial charge >= 0.3 is 0 Å². The van der Waals surface area contributed by atoms with Crippen molar-refractivity contribution in [1.82, 2.24) is 0 Å². The second-order valence-electron chi connectivity index (χ2n) is 19.4. The van der Waals surface area contributed by atoms with E-state index in [4.69, 9.17) is 0 Å². The first-order valence-corrected chi connectivity index (χ1v) is 20.4. The highest BCUT2D eigenvalue weighted by Crippen LogP contribution is 2.51. The highest BCUT2D eigenvalue weighted by atomic mass is 32.1. The Hall–Kier alpha value is -4.34. The Kier molecular flexibility index (Phi) is 10.2. The molecule has 0 radical (unpaired) electrons. The molecule has 5 aromatic carbocycles.